The maximum Gasteiger partial charge on any atom is 0.416 e. The standard InChI is InChI=1S/C14H17F3N2/c15-14(16,17)10-3-4-12-11(9-10)13(5-6-18-12)19-7-1-2-8-19/h3-4,9,13,18H,1-2,5-8H2. The van der Waals surface area contributed by atoms with Crippen LogP contribution >= 0.6 is 0 Å². The number of likely N-dealkylation sites (tertiary alicyclic amines) is 1. The number of anilines is 1. The number of rotatable bonds is 1. The summed E-state index contributed by atoms with van der Waals surface area (Å²) in [6.45, 7) is 2.83. The van der Waals surface area contributed by atoms with Gasteiger partial charge in [-0.15, -0.1) is 0 Å². The van der Waals surface area contributed by atoms with Gasteiger partial charge < -0.3 is 5.32 Å². The van der Waals surface area contributed by atoms with E-state index in [4.69, 9.17) is 0 Å². The van der Waals surface area contributed by atoms with E-state index in [1.165, 1.54) is 6.07 Å². The van der Waals surface area contributed by atoms with E-state index in [9.17, 15) is 13.2 Å². The molecular formula is C14H17F3N2. The molecule has 3 rings (SSSR count). The van der Waals surface area contributed by atoms with Gasteiger partial charge in [0.2, 0.25) is 0 Å². The highest BCUT2D eigenvalue weighted by molar-refractivity contribution is 5.56. The van der Waals surface area contributed by atoms with E-state index in [0.717, 1.165) is 56.2 Å². The van der Waals surface area contributed by atoms with Crippen LogP contribution in [0.4, 0.5) is 18.9 Å². The highest BCUT2D eigenvalue weighted by atomic mass is 19.4. The molecule has 1 fully saturated rings. The lowest BCUT2D eigenvalue weighted by molar-refractivity contribution is -0.137. The van der Waals surface area contributed by atoms with Crippen LogP contribution in [0.15, 0.2) is 18.2 Å². The zero-order valence-electron chi connectivity index (χ0n) is 10.6. The van der Waals surface area contributed by atoms with E-state index in [1.54, 1.807) is 6.07 Å². The number of nitrogens with zero attached hydrogens (tertiary/aromatic N) is 1. The third kappa shape index (κ3) is 2.43. The lowest BCUT2D eigenvalue weighted by atomic mass is 9.94. The second kappa shape index (κ2) is 4.71. The van der Waals surface area contributed by atoms with Gasteiger partial charge in [0, 0.05) is 18.3 Å². The first-order valence-electron chi connectivity index (χ1n) is 6.75. The first kappa shape index (κ1) is 12.8. The molecule has 0 aromatic heterocycles. The summed E-state index contributed by atoms with van der Waals surface area (Å²) in [5, 5.41) is 3.20. The maximum atomic E-state index is 12.8. The van der Waals surface area contributed by atoms with Crippen LogP contribution in [0.25, 0.3) is 0 Å². The summed E-state index contributed by atoms with van der Waals surface area (Å²) >= 11 is 0. The fourth-order valence-corrected chi connectivity index (χ4v) is 3.11. The quantitative estimate of drug-likeness (QED) is 0.837. The zero-order valence-corrected chi connectivity index (χ0v) is 10.6. The number of fused-ring (bicyclic) bond motifs is 1. The van der Waals surface area contributed by atoms with E-state index >= 15 is 0 Å². The van der Waals surface area contributed by atoms with Crippen molar-refractivity contribution >= 4 is 5.69 Å². The highest BCUT2D eigenvalue weighted by Gasteiger charge is 2.34. The van der Waals surface area contributed by atoms with E-state index in [-0.39, 0.29) is 6.04 Å². The molecule has 0 saturated carbocycles. The molecule has 0 spiro atoms. The Morgan fingerprint density at radius 2 is 1.89 bits per heavy atom. The van der Waals surface area contributed by atoms with Crippen LogP contribution in [0.3, 0.4) is 0 Å². The van der Waals surface area contributed by atoms with Crippen LogP contribution in [0.2, 0.25) is 0 Å². The van der Waals surface area contributed by atoms with Gasteiger partial charge in [0.1, 0.15) is 0 Å². The molecule has 0 radical (unpaired) electrons. The Bertz CT molecular complexity index is 464. The predicted molar refractivity (Wildman–Crippen MR) is 68.1 cm³/mol. The van der Waals surface area contributed by atoms with Crippen molar-refractivity contribution in [2.45, 2.75) is 31.5 Å². The molecule has 2 aliphatic rings. The second-order valence-electron chi connectivity index (χ2n) is 5.27. The first-order chi connectivity index (χ1) is 9.05. The van der Waals surface area contributed by atoms with Crippen molar-refractivity contribution in [1.82, 2.24) is 4.90 Å². The summed E-state index contributed by atoms with van der Waals surface area (Å²) in [6.07, 6.45) is -1.08. The molecule has 1 N–H and O–H groups in total. The van der Waals surface area contributed by atoms with Crippen molar-refractivity contribution in [2.24, 2.45) is 0 Å². The third-order valence-electron chi connectivity index (χ3n) is 4.05. The van der Waals surface area contributed by atoms with Crippen LogP contribution in [-0.2, 0) is 6.18 Å². The summed E-state index contributed by atoms with van der Waals surface area (Å²) in [4.78, 5) is 2.32. The summed E-state index contributed by atoms with van der Waals surface area (Å²) in [6, 6.07) is 4.20. The van der Waals surface area contributed by atoms with E-state index < -0.39 is 11.7 Å². The maximum absolute atomic E-state index is 12.8. The average molecular weight is 270 g/mol. The van der Waals surface area contributed by atoms with Gasteiger partial charge in [-0.3, -0.25) is 4.90 Å². The Morgan fingerprint density at radius 3 is 2.58 bits per heavy atom. The van der Waals surface area contributed by atoms with Gasteiger partial charge in [-0.25, -0.2) is 0 Å². The largest absolute Gasteiger partial charge is 0.416 e. The Labute approximate surface area is 110 Å². The zero-order chi connectivity index (χ0) is 13.5. The van der Waals surface area contributed by atoms with Crippen molar-refractivity contribution in [3.8, 4) is 0 Å². The minimum atomic E-state index is -4.26. The molecule has 2 aliphatic heterocycles. The predicted octanol–water partition coefficient (Wildman–Crippen LogP) is 3.66. The lowest BCUT2D eigenvalue weighted by Crippen LogP contribution is -2.31. The van der Waals surface area contributed by atoms with Gasteiger partial charge in [0.05, 0.1) is 5.56 Å². The fraction of sp³-hybridized carbons (Fsp3) is 0.571. The molecule has 1 saturated heterocycles. The molecule has 2 nitrogen and oxygen atoms in total. The van der Waals surface area contributed by atoms with Crippen LogP contribution in [0, 0.1) is 0 Å². The topological polar surface area (TPSA) is 15.3 Å². The van der Waals surface area contributed by atoms with Crippen LogP contribution in [0.5, 0.6) is 0 Å². The number of hydrogen-bond acceptors (Lipinski definition) is 2. The van der Waals surface area contributed by atoms with Crippen molar-refractivity contribution in [2.75, 3.05) is 25.0 Å². The number of halogens is 3. The van der Waals surface area contributed by atoms with Gasteiger partial charge in [-0.2, -0.15) is 13.2 Å². The summed E-state index contributed by atoms with van der Waals surface area (Å²) in [5.41, 5.74) is 1.12. The van der Waals surface area contributed by atoms with Crippen molar-refractivity contribution < 1.29 is 13.2 Å². The molecule has 2 heterocycles. The van der Waals surface area contributed by atoms with Gasteiger partial charge in [0.25, 0.3) is 0 Å². The highest BCUT2D eigenvalue weighted by Crippen LogP contribution is 2.39. The molecule has 1 atom stereocenters. The third-order valence-corrected chi connectivity index (χ3v) is 4.05. The molecule has 104 valence electrons. The normalized spacial score (nSPS) is 24.1. The summed E-state index contributed by atoms with van der Waals surface area (Å²) in [5.74, 6) is 0. The molecule has 1 aromatic carbocycles. The minimum absolute atomic E-state index is 0.140. The molecule has 1 aromatic rings. The molecule has 0 aliphatic carbocycles. The van der Waals surface area contributed by atoms with E-state index in [2.05, 4.69) is 10.2 Å². The smallest absolute Gasteiger partial charge is 0.385 e. The molecule has 1 unspecified atom stereocenters. The monoisotopic (exact) mass is 270 g/mol. The average Bonchev–Trinajstić information content (AvgIpc) is 2.90. The minimum Gasteiger partial charge on any atom is -0.385 e. The molecule has 0 amide bonds. The Kier molecular flexibility index (Phi) is 3.17. The Hall–Kier alpha value is -1.23. The molecule has 5 heteroatoms. The number of benzene rings is 1. The van der Waals surface area contributed by atoms with Crippen LogP contribution in [0.1, 0.15) is 36.4 Å². The molecular weight excluding hydrogens is 253 g/mol. The van der Waals surface area contributed by atoms with Gasteiger partial charge >= 0.3 is 6.18 Å². The lowest BCUT2D eigenvalue weighted by Gasteiger charge is -2.34. The summed E-state index contributed by atoms with van der Waals surface area (Å²) in [7, 11) is 0. The van der Waals surface area contributed by atoms with Crippen molar-refractivity contribution in [1.29, 1.82) is 0 Å². The Balaban J connectivity index is 1.97. The summed E-state index contributed by atoms with van der Waals surface area (Å²) < 4.78 is 38.5. The second-order valence-corrected chi connectivity index (χ2v) is 5.27. The number of hydrogen-bond donors (Lipinski definition) is 1. The number of alkyl halides is 3. The fourth-order valence-electron chi connectivity index (χ4n) is 3.11. The SMILES string of the molecule is FC(F)(F)c1ccc2c(c1)C(N1CCCC1)CCN2. The van der Waals surface area contributed by atoms with E-state index in [1.807, 2.05) is 0 Å². The van der Waals surface area contributed by atoms with Crippen LogP contribution in [-0.4, -0.2) is 24.5 Å². The molecule has 0 bridgehead atoms. The van der Waals surface area contributed by atoms with Gasteiger partial charge in [-0.1, -0.05) is 0 Å². The Morgan fingerprint density at radius 1 is 1.16 bits per heavy atom. The molecule has 19 heavy (non-hydrogen) atoms. The first-order valence-corrected chi connectivity index (χ1v) is 6.75. The van der Waals surface area contributed by atoms with Crippen molar-refractivity contribution in [3.63, 3.8) is 0 Å². The van der Waals surface area contributed by atoms with Gasteiger partial charge in [-0.05, 0) is 56.1 Å². The number of nitrogens with one attached hydrogen (secondary N) is 1. The van der Waals surface area contributed by atoms with Crippen LogP contribution < -0.4 is 5.32 Å². The van der Waals surface area contributed by atoms with E-state index in [0.29, 0.717) is 0 Å². The van der Waals surface area contributed by atoms with Gasteiger partial charge in [0.15, 0.2) is 0 Å². The van der Waals surface area contributed by atoms with Crippen molar-refractivity contribution in [3.05, 3.63) is 29.3 Å².